The molecule has 4 rings (SSSR count). The quantitative estimate of drug-likeness (QED) is 0.525. The number of rotatable bonds is 5. The molecule has 0 atom stereocenters. The zero-order valence-electron chi connectivity index (χ0n) is 17.2. The Bertz CT molecular complexity index is 1330. The monoisotopic (exact) mass is 391 g/mol. The summed E-state index contributed by atoms with van der Waals surface area (Å²) in [5.74, 6) is 1.13. The third kappa shape index (κ3) is 3.22. The van der Waals surface area contributed by atoms with Gasteiger partial charge in [0, 0.05) is 32.0 Å². The van der Waals surface area contributed by atoms with Crippen molar-refractivity contribution in [3.63, 3.8) is 0 Å². The molecule has 0 bridgehead atoms. The second-order valence-corrected chi connectivity index (χ2v) is 7.80. The van der Waals surface area contributed by atoms with Crippen LogP contribution in [0.2, 0.25) is 0 Å². The lowest BCUT2D eigenvalue weighted by Crippen LogP contribution is -2.39. The van der Waals surface area contributed by atoms with Crippen molar-refractivity contribution in [1.82, 2.24) is 23.1 Å². The zero-order chi connectivity index (χ0) is 20.7. The molecule has 0 unspecified atom stereocenters. The molecule has 0 spiro atoms. The maximum atomic E-state index is 13.2. The highest BCUT2D eigenvalue weighted by atomic mass is 16.2. The fourth-order valence-corrected chi connectivity index (χ4v) is 3.67. The maximum absolute atomic E-state index is 13.2. The Labute approximate surface area is 168 Å². The molecule has 3 aromatic heterocycles. The van der Waals surface area contributed by atoms with Crippen LogP contribution < -0.4 is 11.2 Å². The van der Waals surface area contributed by atoms with Crippen LogP contribution in [0.4, 0.5) is 0 Å². The fraction of sp³-hybridized carbons (Fsp3) is 0.318. The molecule has 0 aliphatic rings. The van der Waals surface area contributed by atoms with Gasteiger partial charge in [0.1, 0.15) is 0 Å². The van der Waals surface area contributed by atoms with Crippen molar-refractivity contribution in [3.8, 4) is 0 Å². The molecule has 0 aliphatic carbocycles. The average molecular weight is 391 g/mol. The van der Waals surface area contributed by atoms with Crippen molar-refractivity contribution in [1.29, 1.82) is 0 Å². The van der Waals surface area contributed by atoms with E-state index < -0.39 is 0 Å². The van der Waals surface area contributed by atoms with Gasteiger partial charge in [-0.1, -0.05) is 56.3 Å². The minimum atomic E-state index is -0.368. The van der Waals surface area contributed by atoms with E-state index in [2.05, 4.69) is 23.4 Å². The molecule has 0 fully saturated rings. The third-order valence-electron chi connectivity index (χ3n) is 5.09. The van der Waals surface area contributed by atoms with Gasteiger partial charge < -0.3 is 4.57 Å². The lowest BCUT2D eigenvalue weighted by atomic mass is 10.2. The Balaban J connectivity index is 1.86. The van der Waals surface area contributed by atoms with Gasteiger partial charge in [-0.25, -0.2) is 4.79 Å². The Morgan fingerprint density at radius 3 is 2.52 bits per heavy atom. The number of benzene rings is 1. The lowest BCUT2D eigenvalue weighted by molar-refractivity contribution is 0.524. The Morgan fingerprint density at radius 1 is 1.10 bits per heavy atom. The van der Waals surface area contributed by atoms with E-state index in [4.69, 9.17) is 0 Å². The van der Waals surface area contributed by atoms with Crippen LogP contribution in [0.1, 0.15) is 25.1 Å². The highest BCUT2D eigenvalue weighted by Gasteiger charge is 2.20. The fourth-order valence-electron chi connectivity index (χ4n) is 3.67. The molecule has 0 saturated heterocycles. The molecular formula is C22H25N5O2. The van der Waals surface area contributed by atoms with Crippen LogP contribution in [0.3, 0.4) is 0 Å². The number of aromatic nitrogens is 5. The number of allylic oxidation sites excluding steroid dienone is 1. The maximum Gasteiger partial charge on any atom is 0.332 e. The lowest BCUT2D eigenvalue weighted by Gasteiger charge is -2.08. The molecule has 7 heteroatoms. The first-order valence-corrected chi connectivity index (χ1v) is 9.77. The molecule has 0 radical (unpaired) electrons. The topological polar surface area (TPSA) is 66.2 Å². The number of hydrogen-bond donors (Lipinski definition) is 0. The van der Waals surface area contributed by atoms with Crippen LogP contribution in [-0.2, 0) is 20.1 Å². The Hall–Kier alpha value is -3.35. The third-order valence-corrected chi connectivity index (χ3v) is 5.09. The predicted octanol–water partition coefficient (Wildman–Crippen LogP) is 2.83. The van der Waals surface area contributed by atoms with E-state index in [0.717, 1.165) is 17.8 Å². The van der Waals surface area contributed by atoms with E-state index in [-0.39, 0.29) is 17.8 Å². The minimum Gasteiger partial charge on any atom is -0.314 e. The molecule has 3 heterocycles. The standard InChI is InChI=1S/C22H25N5O2/c1-15(2)13-26-16(3)14-27-18-19(23-21(26)27)24(4)22(29)25(20(18)28)12-8-11-17-9-6-5-7-10-17/h5-11,14-15H,12-13H2,1-4H3. The predicted molar refractivity (Wildman–Crippen MR) is 115 cm³/mol. The summed E-state index contributed by atoms with van der Waals surface area (Å²) >= 11 is 0. The highest BCUT2D eigenvalue weighted by Crippen LogP contribution is 2.17. The van der Waals surface area contributed by atoms with E-state index in [1.807, 2.05) is 60.0 Å². The summed E-state index contributed by atoms with van der Waals surface area (Å²) in [4.78, 5) is 30.7. The van der Waals surface area contributed by atoms with Crippen LogP contribution in [0.5, 0.6) is 0 Å². The van der Waals surface area contributed by atoms with E-state index in [1.165, 1.54) is 9.13 Å². The molecule has 0 N–H and O–H groups in total. The summed E-state index contributed by atoms with van der Waals surface area (Å²) in [5.41, 5.74) is 2.21. The van der Waals surface area contributed by atoms with Gasteiger partial charge in [0.05, 0.1) is 0 Å². The number of fused-ring (bicyclic) bond motifs is 3. The SMILES string of the molecule is Cc1cn2c3c(=O)n(CC=Cc4ccccc4)c(=O)n(C)c3nc2n1CC(C)C. The van der Waals surface area contributed by atoms with Gasteiger partial charge in [-0.05, 0) is 18.4 Å². The van der Waals surface area contributed by atoms with Gasteiger partial charge in [0.25, 0.3) is 5.56 Å². The molecule has 150 valence electrons. The Kier molecular flexibility index (Phi) is 4.74. The van der Waals surface area contributed by atoms with Crippen molar-refractivity contribution < 1.29 is 0 Å². The van der Waals surface area contributed by atoms with E-state index in [9.17, 15) is 9.59 Å². The molecular weight excluding hydrogens is 366 g/mol. The van der Waals surface area contributed by atoms with Gasteiger partial charge in [-0.15, -0.1) is 0 Å². The van der Waals surface area contributed by atoms with Crippen LogP contribution in [0.15, 0.2) is 52.2 Å². The van der Waals surface area contributed by atoms with Crippen LogP contribution >= 0.6 is 0 Å². The van der Waals surface area contributed by atoms with Crippen molar-refractivity contribution in [2.45, 2.75) is 33.9 Å². The van der Waals surface area contributed by atoms with E-state index in [1.54, 1.807) is 7.05 Å². The minimum absolute atomic E-state index is 0.204. The summed E-state index contributed by atoms with van der Waals surface area (Å²) in [6.07, 6.45) is 5.66. The molecule has 7 nitrogen and oxygen atoms in total. The molecule has 0 amide bonds. The summed E-state index contributed by atoms with van der Waals surface area (Å²) in [5, 5.41) is 0. The van der Waals surface area contributed by atoms with Gasteiger partial charge in [0.15, 0.2) is 11.2 Å². The van der Waals surface area contributed by atoms with Gasteiger partial charge >= 0.3 is 5.69 Å². The molecule has 0 aliphatic heterocycles. The first-order valence-electron chi connectivity index (χ1n) is 9.77. The van der Waals surface area contributed by atoms with Crippen molar-refractivity contribution in [2.75, 3.05) is 0 Å². The van der Waals surface area contributed by atoms with Gasteiger partial charge in [0.2, 0.25) is 5.78 Å². The first kappa shape index (κ1) is 19.0. The van der Waals surface area contributed by atoms with E-state index in [0.29, 0.717) is 22.9 Å². The summed E-state index contributed by atoms with van der Waals surface area (Å²) in [6.45, 7) is 7.29. The number of nitrogens with zero attached hydrogens (tertiary/aromatic N) is 5. The first-order chi connectivity index (χ1) is 13.9. The summed E-state index contributed by atoms with van der Waals surface area (Å²) in [6, 6.07) is 9.79. The highest BCUT2D eigenvalue weighted by molar-refractivity contribution is 5.75. The van der Waals surface area contributed by atoms with Crippen LogP contribution in [-0.4, -0.2) is 23.1 Å². The molecule has 4 aromatic rings. The number of imidazole rings is 2. The van der Waals surface area contributed by atoms with Crippen molar-refractivity contribution in [2.24, 2.45) is 13.0 Å². The summed E-state index contributed by atoms with van der Waals surface area (Å²) < 4.78 is 6.61. The van der Waals surface area contributed by atoms with Crippen LogP contribution in [0, 0.1) is 12.8 Å². The van der Waals surface area contributed by atoms with Crippen LogP contribution in [0.25, 0.3) is 23.0 Å². The van der Waals surface area contributed by atoms with Gasteiger partial charge in [-0.3, -0.25) is 18.3 Å². The van der Waals surface area contributed by atoms with Gasteiger partial charge in [-0.2, -0.15) is 4.98 Å². The Morgan fingerprint density at radius 2 is 1.83 bits per heavy atom. The molecule has 29 heavy (non-hydrogen) atoms. The largest absolute Gasteiger partial charge is 0.332 e. The smallest absolute Gasteiger partial charge is 0.314 e. The number of hydrogen-bond acceptors (Lipinski definition) is 3. The van der Waals surface area contributed by atoms with Crippen molar-refractivity contribution in [3.05, 3.63) is 74.7 Å². The second-order valence-electron chi connectivity index (χ2n) is 7.80. The zero-order valence-corrected chi connectivity index (χ0v) is 17.2. The number of aryl methyl sites for hydroxylation is 2. The molecule has 1 aromatic carbocycles. The normalized spacial score (nSPS) is 12.2. The average Bonchev–Trinajstić information content (AvgIpc) is 3.20. The summed E-state index contributed by atoms with van der Waals surface area (Å²) in [7, 11) is 1.66. The van der Waals surface area contributed by atoms with Crippen molar-refractivity contribution >= 4 is 23.0 Å². The van der Waals surface area contributed by atoms with E-state index >= 15 is 0 Å². The molecule has 0 saturated carbocycles. The second kappa shape index (κ2) is 7.24.